The van der Waals surface area contributed by atoms with E-state index in [0.29, 0.717) is 57.1 Å². The number of halogens is 4. The third-order valence-corrected chi connectivity index (χ3v) is 20.7. The van der Waals surface area contributed by atoms with Crippen LogP contribution >= 0.6 is 11.3 Å². The van der Waals surface area contributed by atoms with Crippen molar-refractivity contribution in [3.05, 3.63) is 408 Å². The van der Waals surface area contributed by atoms with Gasteiger partial charge in [-0.3, -0.25) is 0 Å². The Morgan fingerprint density at radius 2 is 0.596 bits per heavy atom. The third kappa shape index (κ3) is 10.1. The lowest BCUT2D eigenvalue weighted by atomic mass is 9.67. The number of anilines is 6. The predicted molar refractivity (Wildman–Crippen MR) is 396 cm³/mol. The molecule has 1 aromatic heterocycles. The number of hydrogen-bond acceptors (Lipinski definition) is 5. The summed E-state index contributed by atoms with van der Waals surface area (Å²) < 4.78 is 77.2. The zero-order chi connectivity index (χ0) is 66.9. The fourth-order valence-electron chi connectivity index (χ4n) is 15.1. The monoisotopic (exact) mass is 1310 g/mol. The van der Waals surface area contributed by atoms with Crippen LogP contribution < -0.4 is 19.3 Å². The van der Waals surface area contributed by atoms with Crippen molar-refractivity contribution in [1.29, 1.82) is 0 Å². The maximum Gasteiger partial charge on any atom is 0.160 e. The highest BCUT2D eigenvalue weighted by atomic mass is 32.1. The first kappa shape index (κ1) is 60.4. The zero-order valence-corrected chi connectivity index (χ0v) is 54.0. The van der Waals surface area contributed by atoms with Gasteiger partial charge in [-0.2, -0.15) is 0 Å². The van der Waals surface area contributed by atoms with Gasteiger partial charge in [0.25, 0.3) is 0 Å². The molecule has 2 unspecified atom stereocenters. The van der Waals surface area contributed by atoms with Gasteiger partial charge in [0, 0.05) is 66.4 Å². The van der Waals surface area contributed by atoms with Gasteiger partial charge in [-0.25, -0.2) is 17.6 Å². The Morgan fingerprint density at radius 1 is 0.283 bits per heavy atom. The molecule has 0 saturated carbocycles. The first-order valence-electron chi connectivity index (χ1n) is 32.7. The Balaban J connectivity index is 0.812. The van der Waals surface area contributed by atoms with Crippen molar-refractivity contribution in [2.24, 2.45) is 0 Å². The van der Waals surface area contributed by atoms with Crippen molar-refractivity contribution < 1.29 is 27.0 Å². The molecule has 2 aliphatic carbocycles. The van der Waals surface area contributed by atoms with Crippen molar-refractivity contribution in [1.82, 2.24) is 0 Å². The number of thiophene rings is 1. The molecule has 9 heteroatoms. The quantitative estimate of drug-likeness (QED) is 0.0900. The Hall–Kier alpha value is -12.3. The van der Waals surface area contributed by atoms with Gasteiger partial charge in [0.05, 0.1) is 10.8 Å². The highest BCUT2D eigenvalue weighted by Crippen LogP contribution is 2.60. The lowest BCUT2D eigenvalue weighted by Gasteiger charge is -2.35. The van der Waals surface area contributed by atoms with Crippen molar-refractivity contribution in [3.8, 4) is 45.3 Å². The molecule has 474 valence electrons. The molecule has 2 atom stereocenters. The fraction of sp³-hybridized carbons (Fsp3) is 0.0222. The van der Waals surface area contributed by atoms with Crippen LogP contribution in [-0.2, 0) is 10.8 Å². The zero-order valence-electron chi connectivity index (χ0n) is 53.2. The van der Waals surface area contributed by atoms with Crippen LogP contribution in [0.1, 0.15) is 55.6 Å². The van der Waals surface area contributed by atoms with Crippen LogP contribution in [0.2, 0.25) is 0 Å². The van der Waals surface area contributed by atoms with E-state index in [1.165, 1.54) is 24.3 Å². The first-order valence-corrected chi connectivity index (χ1v) is 33.5. The minimum atomic E-state index is -0.988. The van der Waals surface area contributed by atoms with Gasteiger partial charge in [-0.15, -0.1) is 11.3 Å². The average Bonchev–Trinajstić information content (AvgIpc) is 1.55. The molecule has 0 saturated heterocycles. The Kier molecular flexibility index (Phi) is 14.9. The summed E-state index contributed by atoms with van der Waals surface area (Å²) in [5.74, 6) is -1.14. The molecule has 4 nitrogen and oxygen atoms in total. The standard InChI is InChI=1S/C90H58F4N2O2S/c1-3-57-23-37-69(38-24-57)97-71-41-27-61(28-42-71)89(59-15-7-5-8-16-59)79-21-13-11-19-73(79)75-45-31-65(53-81(75)89)95(67-33-47-83(91)85(93)55-67)63-35-49-87-77(51-63)78-52-64(36-50-88(78)99-87)96(68-34-48-84(92)86(94)56-68)66-32-46-76-74-20-12-14-22-80(74)90(82(76)54-66,60-17-9-6-10-18-60)62-29-43-72(44-30-62)98-70-39-25-58(4-2)26-40-70/h3-56H,1-2H2. The first-order chi connectivity index (χ1) is 48.6. The minimum absolute atomic E-state index is 0.408. The van der Waals surface area contributed by atoms with Crippen molar-refractivity contribution in [2.45, 2.75) is 10.8 Å². The van der Waals surface area contributed by atoms with Gasteiger partial charge < -0.3 is 19.3 Å². The van der Waals surface area contributed by atoms with E-state index in [1.54, 1.807) is 35.6 Å². The maximum atomic E-state index is 16.0. The Labute approximate surface area is 574 Å². The van der Waals surface area contributed by atoms with E-state index in [2.05, 4.69) is 195 Å². The van der Waals surface area contributed by atoms with Gasteiger partial charge in [0.2, 0.25) is 0 Å². The van der Waals surface area contributed by atoms with Gasteiger partial charge in [0.1, 0.15) is 23.0 Å². The molecule has 99 heavy (non-hydrogen) atoms. The number of benzene rings is 14. The molecule has 1 heterocycles. The maximum absolute atomic E-state index is 16.0. The second-order valence-corrected chi connectivity index (χ2v) is 26.0. The molecule has 0 spiro atoms. The van der Waals surface area contributed by atoms with Crippen LogP contribution in [0.3, 0.4) is 0 Å². The van der Waals surface area contributed by atoms with Crippen molar-refractivity contribution in [2.75, 3.05) is 9.80 Å². The molecule has 2 aliphatic rings. The average molecular weight is 1310 g/mol. The highest BCUT2D eigenvalue weighted by Gasteiger charge is 2.48. The van der Waals surface area contributed by atoms with Crippen LogP contribution in [0.4, 0.5) is 51.7 Å². The Bertz CT molecular complexity index is 5310. The van der Waals surface area contributed by atoms with E-state index < -0.39 is 34.1 Å². The third-order valence-electron chi connectivity index (χ3n) is 19.5. The van der Waals surface area contributed by atoms with Gasteiger partial charge in [-0.1, -0.05) is 195 Å². The summed E-state index contributed by atoms with van der Waals surface area (Å²) in [5.41, 5.74) is 16.5. The summed E-state index contributed by atoms with van der Waals surface area (Å²) in [6, 6.07) is 103. The summed E-state index contributed by atoms with van der Waals surface area (Å²) in [5, 5.41) is 1.79. The SMILES string of the molecule is C=Cc1ccc(Oc2ccc(C3(c4ccccc4)c4ccccc4-c4ccc(N(c5ccc(F)c(F)c5)c5ccc6sc7ccc(N(c8ccc(F)c(F)c8)c8ccc9c(c8)C(c8ccccc8)(c8ccc(Oc%10ccc(C=C)cc%10)cc8)c8ccccc8-9)cc7c6c5)cc43)cc2)cc1. The van der Waals surface area contributed by atoms with Crippen LogP contribution in [0.5, 0.6) is 23.0 Å². The van der Waals surface area contributed by atoms with Crippen LogP contribution in [0.15, 0.2) is 329 Å². The van der Waals surface area contributed by atoms with Gasteiger partial charge >= 0.3 is 0 Å². The molecule has 0 bridgehead atoms. The summed E-state index contributed by atoms with van der Waals surface area (Å²) in [7, 11) is 0. The molecular formula is C90H58F4N2O2S. The summed E-state index contributed by atoms with van der Waals surface area (Å²) >= 11 is 1.63. The largest absolute Gasteiger partial charge is 0.457 e. The minimum Gasteiger partial charge on any atom is -0.457 e. The smallest absolute Gasteiger partial charge is 0.160 e. The van der Waals surface area contributed by atoms with Crippen LogP contribution in [0, 0.1) is 23.3 Å². The second kappa shape index (κ2) is 24.4. The Morgan fingerprint density at radius 3 is 0.980 bits per heavy atom. The molecule has 0 radical (unpaired) electrons. The molecule has 14 aromatic carbocycles. The van der Waals surface area contributed by atoms with E-state index in [9.17, 15) is 0 Å². The topological polar surface area (TPSA) is 24.9 Å². The molecule has 15 aromatic rings. The molecular weight excluding hydrogens is 1250 g/mol. The normalized spacial score (nSPS) is 14.8. The van der Waals surface area contributed by atoms with E-state index in [0.717, 1.165) is 98.1 Å². The van der Waals surface area contributed by atoms with Crippen molar-refractivity contribution >= 4 is 77.8 Å². The molecule has 0 amide bonds. The molecule has 0 fully saturated rings. The number of nitrogens with zero attached hydrogens (tertiary/aromatic N) is 2. The van der Waals surface area contributed by atoms with Crippen LogP contribution in [-0.4, -0.2) is 0 Å². The lowest BCUT2D eigenvalue weighted by molar-refractivity contribution is 0.482. The van der Waals surface area contributed by atoms with E-state index >= 15 is 17.6 Å². The fourth-order valence-corrected chi connectivity index (χ4v) is 16.2. The molecule has 0 N–H and O–H groups in total. The summed E-state index contributed by atoms with van der Waals surface area (Å²) in [6.07, 6.45) is 3.60. The summed E-state index contributed by atoms with van der Waals surface area (Å²) in [4.78, 5) is 3.97. The molecule has 0 aliphatic heterocycles. The van der Waals surface area contributed by atoms with E-state index in [1.807, 2.05) is 107 Å². The summed E-state index contributed by atoms with van der Waals surface area (Å²) in [6.45, 7) is 7.79. The number of ether oxygens (including phenoxy) is 2. The lowest BCUT2D eigenvalue weighted by Crippen LogP contribution is -2.28. The van der Waals surface area contributed by atoms with E-state index in [-0.39, 0.29) is 0 Å². The van der Waals surface area contributed by atoms with Crippen LogP contribution in [0.25, 0.3) is 54.6 Å². The molecule has 17 rings (SSSR count). The van der Waals surface area contributed by atoms with Gasteiger partial charge in [-0.05, 0) is 211 Å². The predicted octanol–water partition coefficient (Wildman–Crippen LogP) is 25.1. The van der Waals surface area contributed by atoms with E-state index in [4.69, 9.17) is 9.47 Å². The number of fused-ring (bicyclic) bond motifs is 9. The number of rotatable bonds is 16. The highest BCUT2D eigenvalue weighted by molar-refractivity contribution is 7.25. The van der Waals surface area contributed by atoms with Crippen molar-refractivity contribution in [3.63, 3.8) is 0 Å². The van der Waals surface area contributed by atoms with Gasteiger partial charge in [0.15, 0.2) is 23.3 Å². The number of hydrogen-bond donors (Lipinski definition) is 0. The second-order valence-electron chi connectivity index (χ2n) is 24.9.